The third-order valence-electron chi connectivity index (χ3n) is 4.18. The lowest BCUT2D eigenvalue weighted by atomic mass is 9.93. The van der Waals surface area contributed by atoms with Crippen LogP contribution in [0.4, 0.5) is 11.4 Å². The molecule has 2 aliphatic rings. The van der Waals surface area contributed by atoms with Crippen molar-refractivity contribution in [2.45, 2.75) is 19.3 Å². The van der Waals surface area contributed by atoms with Crippen LogP contribution < -0.4 is 15.5 Å². The van der Waals surface area contributed by atoms with Crippen molar-refractivity contribution in [2.24, 2.45) is 5.92 Å². The average molecular weight is 299 g/mol. The van der Waals surface area contributed by atoms with E-state index in [4.69, 9.17) is 0 Å². The molecule has 0 radical (unpaired) electrons. The van der Waals surface area contributed by atoms with Crippen molar-refractivity contribution in [2.75, 3.05) is 29.9 Å². The van der Waals surface area contributed by atoms with Gasteiger partial charge in [0.1, 0.15) is 0 Å². The lowest BCUT2D eigenvalue weighted by Crippen LogP contribution is -2.47. The van der Waals surface area contributed by atoms with Gasteiger partial charge >= 0.3 is 0 Å². The van der Waals surface area contributed by atoms with Crippen molar-refractivity contribution in [3.8, 4) is 0 Å². The molecule has 22 heavy (non-hydrogen) atoms. The van der Waals surface area contributed by atoms with Crippen LogP contribution in [0.5, 0.6) is 0 Å². The van der Waals surface area contributed by atoms with Gasteiger partial charge in [0.25, 0.3) is 0 Å². The molecule has 1 aromatic carbocycles. The van der Waals surface area contributed by atoms with Crippen LogP contribution >= 0.6 is 0 Å². The molecule has 0 unspecified atom stereocenters. The van der Waals surface area contributed by atoms with Crippen LogP contribution in [0.25, 0.3) is 0 Å². The molecule has 0 spiro atoms. The highest BCUT2D eigenvalue weighted by Crippen LogP contribution is 2.22. The second kappa shape index (κ2) is 6.64. The van der Waals surface area contributed by atoms with Gasteiger partial charge in [-0.1, -0.05) is 12.2 Å². The zero-order chi connectivity index (χ0) is 15.4. The predicted molar refractivity (Wildman–Crippen MR) is 86.8 cm³/mol. The fourth-order valence-corrected chi connectivity index (χ4v) is 2.89. The number of rotatable bonds is 3. The second-order valence-corrected chi connectivity index (χ2v) is 5.79. The first-order chi connectivity index (χ1) is 10.7. The van der Waals surface area contributed by atoms with Crippen molar-refractivity contribution >= 4 is 23.2 Å². The quantitative estimate of drug-likeness (QED) is 0.838. The Morgan fingerprint density at radius 1 is 1.23 bits per heavy atom. The number of amides is 2. The number of carbonyl (C=O) groups excluding carboxylic acids is 2. The normalized spacial score (nSPS) is 21.4. The van der Waals surface area contributed by atoms with Gasteiger partial charge in [-0.3, -0.25) is 9.59 Å². The first-order valence-corrected chi connectivity index (χ1v) is 7.80. The molecule has 2 N–H and O–H groups in total. The molecule has 116 valence electrons. The van der Waals surface area contributed by atoms with Gasteiger partial charge in [-0.05, 0) is 43.5 Å². The molecule has 1 heterocycles. The van der Waals surface area contributed by atoms with Crippen LogP contribution in [0.2, 0.25) is 0 Å². The molecule has 1 saturated heterocycles. The van der Waals surface area contributed by atoms with E-state index in [-0.39, 0.29) is 17.7 Å². The van der Waals surface area contributed by atoms with Crippen LogP contribution in [0.3, 0.4) is 0 Å². The van der Waals surface area contributed by atoms with E-state index in [0.717, 1.165) is 37.2 Å². The number of allylic oxidation sites excluding steroid dienone is 2. The minimum atomic E-state index is 0.0500. The molecule has 1 aromatic rings. The van der Waals surface area contributed by atoms with E-state index < -0.39 is 0 Å². The van der Waals surface area contributed by atoms with E-state index in [9.17, 15) is 9.59 Å². The van der Waals surface area contributed by atoms with E-state index >= 15 is 0 Å². The van der Waals surface area contributed by atoms with Crippen LogP contribution in [0.1, 0.15) is 19.3 Å². The van der Waals surface area contributed by atoms with E-state index in [1.807, 2.05) is 29.2 Å². The number of piperazine rings is 1. The molecule has 1 fully saturated rings. The van der Waals surface area contributed by atoms with Gasteiger partial charge in [0.15, 0.2) is 0 Å². The fraction of sp³-hybridized carbons (Fsp3) is 0.412. The zero-order valence-corrected chi connectivity index (χ0v) is 12.5. The van der Waals surface area contributed by atoms with Gasteiger partial charge in [0, 0.05) is 30.4 Å². The molecule has 1 atom stereocenters. The summed E-state index contributed by atoms with van der Waals surface area (Å²) in [4.78, 5) is 25.6. The SMILES string of the molecule is O=C1CN(c2ccc(NC(=O)[C@@H]3CC=CCC3)cc2)CCN1. The van der Waals surface area contributed by atoms with Gasteiger partial charge in [-0.2, -0.15) is 0 Å². The maximum absolute atomic E-state index is 12.2. The zero-order valence-electron chi connectivity index (χ0n) is 12.5. The monoisotopic (exact) mass is 299 g/mol. The first kappa shape index (κ1) is 14.6. The van der Waals surface area contributed by atoms with Crippen molar-refractivity contribution in [3.63, 3.8) is 0 Å². The van der Waals surface area contributed by atoms with Crippen molar-refractivity contribution in [1.29, 1.82) is 0 Å². The van der Waals surface area contributed by atoms with E-state index in [2.05, 4.69) is 22.8 Å². The molecule has 5 nitrogen and oxygen atoms in total. The molecule has 1 aliphatic carbocycles. The highest BCUT2D eigenvalue weighted by molar-refractivity contribution is 5.93. The number of benzene rings is 1. The summed E-state index contributed by atoms with van der Waals surface area (Å²) in [7, 11) is 0. The number of hydrogen-bond acceptors (Lipinski definition) is 3. The van der Waals surface area contributed by atoms with Crippen molar-refractivity contribution in [1.82, 2.24) is 5.32 Å². The Labute approximate surface area is 130 Å². The maximum atomic E-state index is 12.2. The Morgan fingerprint density at radius 3 is 2.73 bits per heavy atom. The van der Waals surface area contributed by atoms with Gasteiger partial charge in [0.2, 0.25) is 11.8 Å². The number of nitrogens with zero attached hydrogens (tertiary/aromatic N) is 1. The molecular formula is C17H21N3O2. The van der Waals surface area contributed by atoms with Gasteiger partial charge in [-0.15, -0.1) is 0 Å². The van der Waals surface area contributed by atoms with E-state index in [0.29, 0.717) is 13.1 Å². The van der Waals surface area contributed by atoms with Gasteiger partial charge in [-0.25, -0.2) is 0 Å². The molecule has 2 amide bonds. The topological polar surface area (TPSA) is 61.4 Å². The number of nitrogens with one attached hydrogen (secondary N) is 2. The lowest BCUT2D eigenvalue weighted by Gasteiger charge is -2.28. The molecule has 0 aromatic heterocycles. The van der Waals surface area contributed by atoms with E-state index in [1.54, 1.807) is 0 Å². The van der Waals surface area contributed by atoms with E-state index in [1.165, 1.54) is 0 Å². The molecular weight excluding hydrogens is 278 g/mol. The Hall–Kier alpha value is -2.30. The summed E-state index contributed by atoms with van der Waals surface area (Å²) in [6.07, 6.45) is 6.94. The van der Waals surface area contributed by atoms with Crippen molar-refractivity contribution in [3.05, 3.63) is 36.4 Å². The Bertz CT molecular complexity index is 580. The third kappa shape index (κ3) is 3.47. The largest absolute Gasteiger partial charge is 0.360 e. The smallest absolute Gasteiger partial charge is 0.239 e. The molecule has 3 rings (SSSR count). The predicted octanol–water partition coefficient (Wildman–Crippen LogP) is 1.92. The van der Waals surface area contributed by atoms with Crippen LogP contribution in [0, 0.1) is 5.92 Å². The summed E-state index contributed by atoms with van der Waals surface area (Å²) in [5, 5.41) is 5.79. The Kier molecular flexibility index (Phi) is 4.42. The number of hydrogen-bond donors (Lipinski definition) is 2. The Balaban J connectivity index is 1.60. The second-order valence-electron chi connectivity index (χ2n) is 5.79. The summed E-state index contributed by atoms with van der Waals surface area (Å²) in [6, 6.07) is 7.71. The van der Waals surface area contributed by atoms with Crippen LogP contribution in [0.15, 0.2) is 36.4 Å². The molecule has 0 saturated carbocycles. The summed E-state index contributed by atoms with van der Waals surface area (Å²) in [5.74, 6) is 0.221. The minimum Gasteiger partial charge on any atom is -0.360 e. The fourth-order valence-electron chi connectivity index (χ4n) is 2.89. The molecule has 0 bridgehead atoms. The molecule has 5 heteroatoms. The number of anilines is 2. The third-order valence-corrected chi connectivity index (χ3v) is 4.18. The first-order valence-electron chi connectivity index (χ1n) is 7.80. The Morgan fingerprint density at radius 2 is 2.05 bits per heavy atom. The molecule has 1 aliphatic heterocycles. The van der Waals surface area contributed by atoms with Gasteiger partial charge < -0.3 is 15.5 Å². The summed E-state index contributed by atoms with van der Waals surface area (Å²) >= 11 is 0. The highest BCUT2D eigenvalue weighted by atomic mass is 16.2. The summed E-state index contributed by atoms with van der Waals surface area (Å²) < 4.78 is 0. The average Bonchev–Trinajstić information content (AvgIpc) is 2.56. The van der Waals surface area contributed by atoms with Crippen LogP contribution in [-0.2, 0) is 9.59 Å². The van der Waals surface area contributed by atoms with Gasteiger partial charge in [0.05, 0.1) is 6.54 Å². The van der Waals surface area contributed by atoms with Crippen LogP contribution in [-0.4, -0.2) is 31.4 Å². The minimum absolute atomic E-state index is 0.0500. The lowest BCUT2D eigenvalue weighted by molar-refractivity contribution is -0.121. The summed E-state index contributed by atoms with van der Waals surface area (Å²) in [6.45, 7) is 1.87. The number of carbonyl (C=O) groups is 2. The van der Waals surface area contributed by atoms with Crippen molar-refractivity contribution < 1.29 is 9.59 Å². The maximum Gasteiger partial charge on any atom is 0.239 e. The standard InChI is InChI=1S/C17H21N3O2/c21-16-12-20(11-10-18-16)15-8-6-14(7-9-15)19-17(22)13-4-2-1-3-5-13/h1-2,6-9,13H,3-5,10-12H2,(H,18,21)(H,19,22)/t13-/m1/s1. The summed E-state index contributed by atoms with van der Waals surface area (Å²) in [5.41, 5.74) is 1.82. The highest BCUT2D eigenvalue weighted by Gasteiger charge is 2.19.